The lowest BCUT2D eigenvalue weighted by Gasteiger charge is -2.55. The number of nitrogens with two attached hydrogens (primary N) is 6. The minimum atomic E-state index is -0.343. The van der Waals surface area contributed by atoms with Gasteiger partial charge in [-0.1, -0.05) is 13.8 Å². The summed E-state index contributed by atoms with van der Waals surface area (Å²) in [5.74, 6) is 1.73. The molecule has 0 bridgehead atoms. The van der Waals surface area contributed by atoms with Gasteiger partial charge in [-0.25, -0.2) is 0 Å². The number of rotatable bonds is 6. The molecule has 3 fully saturated rings. The summed E-state index contributed by atoms with van der Waals surface area (Å²) in [7, 11) is 0. The molecule has 1 aromatic rings. The molecular weight excluding hydrogens is 436 g/mol. The minimum absolute atomic E-state index is 0.120. The highest BCUT2D eigenvalue weighted by atomic mass is 15.2. The summed E-state index contributed by atoms with van der Waals surface area (Å²) in [6.07, 6.45) is 9.09. The molecular formula is C27H50N8. The van der Waals surface area contributed by atoms with Gasteiger partial charge < -0.3 is 39.7 Å². The SMILES string of the molecule is CC1CC(C(Nc2cc(N)cc(N)c2)(NC2CC(N)CC(N)C2)C2CCC(N)C(C)C2)CCC1N. The van der Waals surface area contributed by atoms with Crippen LogP contribution in [0.3, 0.4) is 0 Å². The maximum absolute atomic E-state index is 6.49. The van der Waals surface area contributed by atoms with Crippen molar-refractivity contribution in [3.05, 3.63) is 18.2 Å². The molecule has 8 atom stereocenters. The lowest BCUT2D eigenvalue weighted by Crippen LogP contribution is -2.68. The first kappa shape index (κ1) is 26.5. The van der Waals surface area contributed by atoms with Crippen molar-refractivity contribution < 1.29 is 0 Å². The van der Waals surface area contributed by atoms with Crippen molar-refractivity contribution in [3.63, 3.8) is 0 Å². The molecule has 8 unspecified atom stereocenters. The Bertz CT molecular complexity index is 790. The van der Waals surface area contributed by atoms with Gasteiger partial charge >= 0.3 is 0 Å². The van der Waals surface area contributed by atoms with E-state index in [1.54, 1.807) is 0 Å². The molecule has 1 aromatic carbocycles. The Hall–Kier alpha value is -1.58. The molecule has 8 nitrogen and oxygen atoms in total. The van der Waals surface area contributed by atoms with Crippen LogP contribution < -0.4 is 45.0 Å². The zero-order chi connectivity index (χ0) is 25.3. The Kier molecular flexibility index (Phi) is 8.18. The highest BCUT2D eigenvalue weighted by Crippen LogP contribution is 2.46. The van der Waals surface area contributed by atoms with Gasteiger partial charge in [0.15, 0.2) is 0 Å². The zero-order valence-corrected chi connectivity index (χ0v) is 21.8. The quantitative estimate of drug-likeness (QED) is 0.223. The second-order valence-electron chi connectivity index (χ2n) is 12.3. The zero-order valence-electron chi connectivity index (χ0n) is 21.8. The minimum Gasteiger partial charge on any atom is -0.399 e. The van der Waals surface area contributed by atoms with Crippen LogP contribution in [0.4, 0.5) is 17.1 Å². The molecule has 0 saturated heterocycles. The van der Waals surface area contributed by atoms with Crippen LogP contribution in [0.1, 0.15) is 71.6 Å². The summed E-state index contributed by atoms with van der Waals surface area (Å²) >= 11 is 0. The highest BCUT2D eigenvalue weighted by Gasteiger charge is 2.50. The fourth-order valence-corrected chi connectivity index (χ4v) is 7.33. The summed E-state index contributed by atoms with van der Waals surface area (Å²) in [6.45, 7) is 4.60. The van der Waals surface area contributed by atoms with E-state index in [1.165, 1.54) is 0 Å². The summed E-state index contributed by atoms with van der Waals surface area (Å²) in [4.78, 5) is 0. The molecule has 4 rings (SSSR count). The smallest absolute Gasteiger partial charge is 0.0941 e. The van der Waals surface area contributed by atoms with Gasteiger partial charge in [-0.2, -0.15) is 0 Å². The second-order valence-corrected chi connectivity index (χ2v) is 12.3. The maximum Gasteiger partial charge on any atom is 0.0941 e. The Morgan fingerprint density at radius 3 is 1.63 bits per heavy atom. The van der Waals surface area contributed by atoms with Crippen molar-refractivity contribution in [1.29, 1.82) is 0 Å². The van der Waals surface area contributed by atoms with Gasteiger partial charge in [-0.15, -0.1) is 0 Å². The molecule has 198 valence electrons. The predicted molar refractivity (Wildman–Crippen MR) is 147 cm³/mol. The number of nitrogens with one attached hydrogen (secondary N) is 2. The van der Waals surface area contributed by atoms with Crippen molar-refractivity contribution in [2.24, 2.45) is 46.6 Å². The maximum atomic E-state index is 6.49. The van der Waals surface area contributed by atoms with Crippen molar-refractivity contribution in [2.75, 3.05) is 16.8 Å². The molecule has 3 aliphatic rings. The molecule has 0 radical (unpaired) electrons. The fourth-order valence-electron chi connectivity index (χ4n) is 7.33. The van der Waals surface area contributed by atoms with E-state index in [1.807, 2.05) is 18.2 Å². The van der Waals surface area contributed by atoms with Gasteiger partial charge in [-0.3, -0.25) is 5.32 Å². The van der Waals surface area contributed by atoms with E-state index in [2.05, 4.69) is 24.5 Å². The Morgan fingerprint density at radius 2 is 1.17 bits per heavy atom. The molecule has 3 aliphatic carbocycles. The average molecular weight is 487 g/mol. The standard InChI is InChI=1S/C27H50N8/c1-15-7-17(3-5-25(15)32)27(18-4-6-26(33)16(2)8-18,34-23-11-19(28)9-20(29)12-23)35-24-13-21(30)10-22(31)14-24/h9,11-12,15-18,21-22,24-26,34-35H,3-8,10,13-14,28-33H2,1-2H3. The van der Waals surface area contributed by atoms with Crippen LogP contribution in [0.2, 0.25) is 0 Å². The molecule has 8 heteroatoms. The summed E-state index contributed by atoms with van der Waals surface area (Å²) in [5, 5.41) is 8.22. The van der Waals surface area contributed by atoms with Gasteiger partial charge in [-0.05, 0) is 99.7 Å². The number of benzene rings is 1. The first-order chi connectivity index (χ1) is 16.6. The monoisotopic (exact) mass is 486 g/mol. The normalized spacial score (nSPS) is 40.1. The Labute approximate surface area is 211 Å². The van der Waals surface area contributed by atoms with E-state index >= 15 is 0 Å². The Morgan fingerprint density at radius 1 is 0.686 bits per heavy atom. The van der Waals surface area contributed by atoms with Crippen molar-refractivity contribution in [2.45, 2.75) is 108 Å². The van der Waals surface area contributed by atoms with E-state index in [0.717, 1.165) is 63.5 Å². The van der Waals surface area contributed by atoms with Crippen LogP contribution in [-0.2, 0) is 0 Å². The van der Waals surface area contributed by atoms with Gasteiger partial charge in [0.1, 0.15) is 0 Å². The summed E-state index contributed by atoms with van der Waals surface area (Å²) in [5.41, 5.74) is 40.3. The van der Waals surface area contributed by atoms with Crippen LogP contribution >= 0.6 is 0 Å². The number of hydrogen-bond acceptors (Lipinski definition) is 8. The number of nitrogen functional groups attached to an aromatic ring is 2. The lowest BCUT2D eigenvalue weighted by atomic mass is 9.63. The topological polar surface area (TPSA) is 180 Å². The third kappa shape index (κ3) is 6.05. The second kappa shape index (κ2) is 10.8. The van der Waals surface area contributed by atoms with Gasteiger partial charge in [0.2, 0.25) is 0 Å². The van der Waals surface area contributed by atoms with Crippen molar-refractivity contribution >= 4 is 17.1 Å². The van der Waals surface area contributed by atoms with Crippen LogP contribution in [0.25, 0.3) is 0 Å². The molecule has 0 aromatic heterocycles. The molecule has 14 N–H and O–H groups in total. The van der Waals surface area contributed by atoms with E-state index in [-0.39, 0.29) is 35.9 Å². The van der Waals surface area contributed by atoms with Crippen molar-refractivity contribution in [1.82, 2.24) is 5.32 Å². The lowest BCUT2D eigenvalue weighted by molar-refractivity contribution is 0.0412. The molecule has 35 heavy (non-hydrogen) atoms. The summed E-state index contributed by atoms with van der Waals surface area (Å²) < 4.78 is 0. The Balaban J connectivity index is 1.76. The first-order valence-corrected chi connectivity index (χ1v) is 13.8. The van der Waals surface area contributed by atoms with Crippen LogP contribution in [0, 0.1) is 23.7 Å². The molecule has 0 spiro atoms. The number of hydrogen-bond donors (Lipinski definition) is 8. The molecule has 3 saturated carbocycles. The highest BCUT2D eigenvalue weighted by molar-refractivity contribution is 5.64. The van der Waals surface area contributed by atoms with Gasteiger partial charge in [0.25, 0.3) is 0 Å². The number of anilines is 3. The molecule has 0 heterocycles. The van der Waals surface area contributed by atoms with Gasteiger partial charge in [0.05, 0.1) is 5.66 Å². The average Bonchev–Trinajstić information content (AvgIpc) is 2.75. The largest absolute Gasteiger partial charge is 0.399 e. The fraction of sp³-hybridized carbons (Fsp3) is 0.778. The first-order valence-electron chi connectivity index (χ1n) is 13.8. The predicted octanol–water partition coefficient (Wildman–Crippen LogP) is 2.28. The molecule has 0 aliphatic heterocycles. The molecule has 0 amide bonds. The van der Waals surface area contributed by atoms with E-state index in [4.69, 9.17) is 34.4 Å². The van der Waals surface area contributed by atoms with Crippen LogP contribution in [-0.4, -0.2) is 35.9 Å². The van der Waals surface area contributed by atoms with Crippen LogP contribution in [0.15, 0.2) is 18.2 Å². The third-order valence-electron chi connectivity index (χ3n) is 9.31. The van der Waals surface area contributed by atoms with Crippen LogP contribution in [0.5, 0.6) is 0 Å². The van der Waals surface area contributed by atoms with E-state index in [0.29, 0.717) is 35.0 Å². The van der Waals surface area contributed by atoms with Crippen molar-refractivity contribution in [3.8, 4) is 0 Å². The van der Waals surface area contributed by atoms with E-state index < -0.39 is 0 Å². The summed E-state index contributed by atoms with van der Waals surface area (Å²) in [6, 6.07) is 6.80. The van der Waals surface area contributed by atoms with E-state index in [9.17, 15) is 0 Å². The third-order valence-corrected chi connectivity index (χ3v) is 9.31. The van der Waals surface area contributed by atoms with Gasteiger partial charge in [0, 0.05) is 47.3 Å².